The molecule has 94 valence electrons. The molecule has 1 aromatic carbocycles. The second-order valence-corrected chi connectivity index (χ2v) is 4.84. The van der Waals surface area contributed by atoms with Gasteiger partial charge in [-0.05, 0) is 37.5 Å². The number of rotatable bonds is 7. The Morgan fingerprint density at radius 1 is 1.41 bits per heavy atom. The molecular weight excluding hydrogens is 214 g/mol. The molecule has 2 rings (SSSR count). The van der Waals surface area contributed by atoms with Crippen molar-refractivity contribution < 1.29 is 9.84 Å². The van der Waals surface area contributed by atoms with Gasteiger partial charge in [0, 0.05) is 25.1 Å². The van der Waals surface area contributed by atoms with Crippen molar-refractivity contribution >= 4 is 0 Å². The van der Waals surface area contributed by atoms with E-state index < -0.39 is 0 Å². The third-order valence-electron chi connectivity index (χ3n) is 3.33. The van der Waals surface area contributed by atoms with Crippen LogP contribution in [0.4, 0.5) is 0 Å². The van der Waals surface area contributed by atoms with E-state index in [9.17, 15) is 5.11 Å². The molecular formula is C14H21NO2. The molecule has 0 unspecified atom stereocenters. The second-order valence-electron chi connectivity index (χ2n) is 4.84. The second kappa shape index (κ2) is 5.52. The molecule has 1 aromatic rings. The highest BCUT2D eigenvalue weighted by atomic mass is 16.5. The van der Waals surface area contributed by atoms with Crippen LogP contribution in [0, 0.1) is 5.41 Å². The summed E-state index contributed by atoms with van der Waals surface area (Å²) in [7, 11) is 0. The van der Waals surface area contributed by atoms with E-state index in [1.54, 1.807) is 0 Å². The summed E-state index contributed by atoms with van der Waals surface area (Å²) in [5.74, 6) is 0.926. The molecule has 0 saturated heterocycles. The van der Waals surface area contributed by atoms with Crippen molar-refractivity contribution in [3.63, 3.8) is 0 Å². The normalized spacial score (nSPS) is 16.8. The molecule has 17 heavy (non-hydrogen) atoms. The van der Waals surface area contributed by atoms with E-state index in [0.717, 1.165) is 31.7 Å². The largest absolute Gasteiger partial charge is 0.494 e. The Morgan fingerprint density at radius 2 is 2.24 bits per heavy atom. The summed E-state index contributed by atoms with van der Waals surface area (Å²) in [5.41, 5.74) is 1.40. The van der Waals surface area contributed by atoms with Crippen LogP contribution in [0.2, 0.25) is 0 Å². The van der Waals surface area contributed by atoms with Gasteiger partial charge in [-0.2, -0.15) is 0 Å². The van der Waals surface area contributed by atoms with Crippen molar-refractivity contribution in [1.82, 2.24) is 5.32 Å². The number of hydrogen-bond donors (Lipinski definition) is 2. The minimum absolute atomic E-state index is 0.178. The van der Waals surface area contributed by atoms with Crippen LogP contribution in [0.1, 0.15) is 25.3 Å². The molecule has 3 nitrogen and oxygen atoms in total. The number of aliphatic hydroxyl groups is 1. The van der Waals surface area contributed by atoms with Gasteiger partial charge in [0.2, 0.25) is 0 Å². The molecule has 2 N–H and O–H groups in total. The Bertz CT molecular complexity index is 361. The van der Waals surface area contributed by atoms with Gasteiger partial charge in [0.05, 0.1) is 6.61 Å². The third kappa shape index (κ3) is 3.45. The zero-order chi connectivity index (χ0) is 12.1. The maximum atomic E-state index is 9.21. The van der Waals surface area contributed by atoms with Crippen LogP contribution in [0.3, 0.4) is 0 Å². The summed E-state index contributed by atoms with van der Waals surface area (Å²) in [6, 6.07) is 8.15. The maximum Gasteiger partial charge on any atom is 0.119 e. The van der Waals surface area contributed by atoms with E-state index in [1.165, 1.54) is 5.56 Å². The van der Waals surface area contributed by atoms with Crippen LogP contribution in [-0.4, -0.2) is 24.9 Å². The van der Waals surface area contributed by atoms with Gasteiger partial charge in [-0.3, -0.25) is 0 Å². The summed E-state index contributed by atoms with van der Waals surface area (Å²) >= 11 is 0. The Labute approximate surface area is 103 Å². The van der Waals surface area contributed by atoms with Gasteiger partial charge in [-0.1, -0.05) is 12.1 Å². The predicted octanol–water partition coefficient (Wildman–Crippen LogP) is 1.95. The smallest absolute Gasteiger partial charge is 0.119 e. The lowest BCUT2D eigenvalue weighted by atomic mass is 10.1. The molecule has 1 fully saturated rings. The lowest BCUT2D eigenvalue weighted by Crippen LogP contribution is -2.26. The molecule has 0 heterocycles. The number of ether oxygens (including phenoxy) is 1. The van der Waals surface area contributed by atoms with Crippen molar-refractivity contribution in [1.29, 1.82) is 0 Å². The van der Waals surface area contributed by atoms with Crippen LogP contribution in [0.15, 0.2) is 24.3 Å². The van der Waals surface area contributed by atoms with Crippen molar-refractivity contribution in [3.8, 4) is 5.75 Å². The highest BCUT2D eigenvalue weighted by molar-refractivity contribution is 5.28. The summed E-state index contributed by atoms with van der Waals surface area (Å²) in [5, 5.41) is 12.6. The number of nitrogens with one attached hydrogen (secondary N) is 1. The molecule has 1 aliphatic rings. The standard InChI is InChI=1S/C14H21NO2/c1-2-17-13-5-3-4-12(8-13)9-15-10-14(11-16)6-7-14/h3-5,8,15-16H,2,6-7,9-11H2,1H3. The van der Waals surface area contributed by atoms with E-state index in [0.29, 0.717) is 13.2 Å². The monoisotopic (exact) mass is 235 g/mol. The summed E-state index contributed by atoms with van der Waals surface area (Å²) < 4.78 is 5.46. The number of hydrogen-bond acceptors (Lipinski definition) is 3. The van der Waals surface area contributed by atoms with Crippen molar-refractivity contribution in [2.24, 2.45) is 5.41 Å². The predicted molar refractivity (Wildman–Crippen MR) is 68.1 cm³/mol. The Morgan fingerprint density at radius 3 is 2.88 bits per heavy atom. The zero-order valence-corrected chi connectivity index (χ0v) is 10.4. The number of benzene rings is 1. The molecule has 0 aliphatic heterocycles. The molecule has 0 amide bonds. The fraction of sp³-hybridized carbons (Fsp3) is 0.571. The molecule has 0 bridgehead atoms. The van der Waals surface area contributed by atoms with Gasteiger partial charge in [-0.15, -0.1) is 0 Å². The molecule has 0 spiro atoms. The fourth-order valence-electron chi connectivity index (χ4n) is 1.95. The first-order valence-electron chi connectivity index (χ1n) is 6.31. The summed E-state index contributed by atoms with van der Waals surface area (Å²) in [4.78, 5) is 0. The molecule has 1 saturated carbocycles. The fourth-order valence-corrected chi connectivity index (χ4v) is 1.95. The van der Waals surface area contributed by atoms with Gasteiger partial charge in [0.15, 0.2) is 0 Å². The van der Waals surface area contributed by atoms with Gasteiger partial charge in [0.1, 0.15) is 5.75 Å². The lowest BCUT2D eigenvalue weighted by molar-refractivity contribution is 0.207. The SMILES string of the molecule is CCOc1cccc(CNCC2(CO)CC2)c1. The first kappa shape index (κ1) is 12.4. The van der Waals surface area contributed by atoms with Gasteiger partial charge in [-0.25, -0.2) is 0 Å². The van der Waals surface area contributed by atoms with Crippen LogP contribution >= 0.6 is 0 Å². The Balaban J connectivity index is 1.80. The highest BCUT2D eigenvalue weighted by Crippen LogP contribution is 2.44. The molecule has 3 heteroatoms. The van der Waals surface area contributed by atoms with E-state index >= 15 is 0 Å². The van der Waals surface area contributed by atoms with E-state index in [1.807, 2.05) is 19.1 Å². The van der Waals surface area contributed by atoms with Gasteiger partial charge >= 0.3 is 0 Å². The van der Waals surface area contributed by atoms with Crippen LogP contribution in [-0.2, 0) is 6.54 Å². The Hall–Kier alpha value is -1.06. The first-order chi connectivity index (χ1) is 8.28. The van der Waals surface area contributed by atoms with Crippen molar-refractivity contribution in [3.05, 3.63) is 29.8 Å². The average molecular weight is 235 g/mol. The number of aliphatic hydroxyl groups excluding tert-OH is 1. The van der Waals surface area contributed by atoms with Gasteiger partial charge < -0.3 is 15.2 Å². The van der Waals surface area contributed by atoms with E-state index in [-0.39, 0.29) is 5.41 Å². The minimum Gasteiger partial charge on any atom is -0.494 e. The minimum atomic E-state index is 0.178. The van der Waals surface area contributed by atoms with Crippen molar-refractivity contribution in [2.45, 2.75) is 26.3 Å². The first-order valence-corrected chi connectivity index (χ1v) is 6.31. The average Bonchev–Trinajstić information content (AvgIpc) is 3.11. The maximum absolute atomic E-state index is 9.21. The van der Waals surface area contributed by atoms with Gasteiger partial charge in [0.25, 0.3) is 0 Å². The van der Waals surface area contributed by atoms with Crippen LogP contribution in [0.5, 0.6) is 5.75 Å². The van der Waals surface area contributed by atoms with Crippen LogP contribution < -0.4 is 10.1 Å². The molecule has 0 atom stereocenters. The molecule has 0 aromatic heterocycles. The van der Waals surface area contributed by atoms with E-state index in [4.69, 9.17) is 4.74 Å². The third-order valence-corrected chi connectivity index (χ3v) is 3.33. The summed E-state index contributed by atoms with van der Waals surface area (Å²) in [6.07, 6.45) is 2.30. The van der Waals surface area contributed by atoms with Crippen LogP contribution in [0.25, 0.3) is 0 Å². The highest BCUT2D eigenvalue weighted by Gasteiger charge is 2.41. The molecule has 0 radical (unpaired) electrons. The lowest BCUT2D eigenvalue weighted by Gasteiger charge is -2.13. The zero-order valence-electron chi connectivity index (χ0n) is 10.4. The van der Waals surface area contributed by atoms with E-state index in [2.05, 4.69) is 17.4 Å². The topological polar surface area (TPSA) is 41.5 Å². The quantitative estimate of drug-likeness (QED) is 0.759. The van der Waals surface area contributed by atoms with Crippen molar-refractivity contribution in [2.75, 3.05) is 19.8 Å². The summed E-state index contributed by atoms with van der Waals surface area (Å²) in [6.45, 7) is 4.73. The Kier molecular flexibility index (Phi) is 4.02. The molecule has 1 aliphatic carbocycles.